The molecule has 0 aromatic carbocycles. The lowest BCUT2D eigenvalue weighted by Crippen LogP contribution is -2.65. The molecule has 1 saturated carbocycles. The van der Waals surface area contributed by atoms with Gasteiger partial charge in [-0.2, -0.15) is 0 Å². The highest BCUT2D eigenvalue weighted by atomic mass is 16.6. The van der Waals surface area contributed by atoms with Crippen LogP contribution in [-0.2, 0) is 63.7 Å². The molecule has 1 aliphatic carbocycles. The minimum absolute atomic E-state index is 0.00765. The van der Waals surface area contributed by atoms with Gasteiger partial charge in [-0.15, -0.1) is 0 Å². The summed E-state index contributed by atoms with van der Waals surface area (Å²) in [5, 5.41) is 23.9. The van der Waals surface area contributed by atoms with Crippen LogP contribution in [0.1, 0.15) is 118 Å². The lowest BCUT2D eigenvalue weighted by molar-refractivity contribution is -0.266. The standard InChI is InChI=1S/C57H83N3O14/c1-34-14-11-10-12-15-35(2)47(72-33-41-32-58-21-22-59-41)30-42-19-17-39(6)57(67,74-42)54(64)55(65)60-23-13-16-43-44(28-40-18-20-46(49(29-40)69-8)71-25-24-68-7)48(73-56(66)50(43)60)31-45(61)36(3)27-38(5)52(63)53(70-9)51(62)37(4)26-34/h10-12,14-15,21-22,27,32,34,36-37,39-40,42-44,46-50,52-53,63,67H,13,16-20,23-26,28-31,33H2,1-9H3/b12-10+,14-11+,35-15+,38-27+/t34-,36-,37-,39-,40+,42+,43-,44?,46-,47+,48+,49-,50?,52-,53+,57-/m1/s1. The molecule has 1 aromatic heterocycles. The minimum Gasteiger partial charge on any atom is -0.460 e. The van der Waals surface area contributed by atoms with Gasteiger partial charge in [0.1, 0.15) is 30.1 Å². The van der Waals surface area contributed by atoms with Crippen LogP contribution in [0, 0.1) is 41.4 Å². The van der Waals surface area contributed by atoms with E-state index >= 15 is 0 Å². The second-order valence-electron chi connectivity index (χ2n) is 21.6. The number of methoxy groups -OCH3 is 3. The summed E-state index contributed by atoms with van der Waals surface area (Å²) in [6.45, 7) is 11.9. The van der Waals surface area contributed by atoms with Crippen molar-refractivity contribution in [2.75, 3.05) is 41.1 Å². The largest absolute Gasteiger partial charge is 0.460 e. The van der Waals surface area contributed by atoms with Gasteiger partial charge in [0.15, 0.2) is 5.78 Å². The van der Waals surface area contributed by atoms with E-state index in [0.717, 1.165) is 18.4 Å². The number of esters is 1. The normalized spacial score (nSPS) is 38.9. The van der Waals surface area contributed by atoms with Crippen LogP contribution in [0.2, 0.25) is 0 Å². The number of Topliss-reactive ketones (excluding diaryl/α,β-unsaturated/α-hetero) is 3. The molecular weight excluding hydrogens is 951 g/mol. The van der Waals surface area contributed by atoms with Crippen molar-refractivity contribution in [1.29, 1.82) is 0 Å². The number of carbonyl (C=O) groups is 5. The van der Waals surface area contributed by atoms with Gasteiger partial charge < -0.3 is 48.3 Å². The number of rotatable bonds is 11. The van der Waals surface area contributed by atoms with Crippen LogP contribution in [0.3, 0.4) is 0 Å². The summed E-state index contributed by atoms with van der Waals surface area (Å²) in [4.78, 5) is 81.8. The Hall–Kier alpha value is -4.33. The molecule has 0 radical (unpaired) electrons. The van der Waals surface area contributed by atoms with Gasteiger partial charge in [0, 0.05) is 76.8 Å². The van der Waals surface area contributed by atoms with Crippen LogP contribution in [0.25, 0.3) is 0 Å². The Morgan fingerprint density at radius 2 is 1.64 bits per heavy atom. The predicted molar refractivity (Wildman–Crippen MR) is 274 cm³/mol. The number of fused-ring (bicyclic) bond motifs is 4. The van der Waals surface area contributed by atoms with E-state index in [2.05, 4.69) is 9.97 Å². The second kappa shape index (κ2) is 27.6. The zero-order valence-electron chi connectivity index (χ0n) is 45.1. The van der Waals surface area contributed by atoms with Crippen LogP contribution in [0.4, 0.5) is 0 Å². The number of aromatic nitrogens is 2. The molecule has 410 valence electrons. The molecule has 1 amide bonds. The van der Waals surface area contributed by atoms with Crippen LogP contribution >= 0.6 is 0 Å². The number of aliphatic hydroxyl groups is 2. The Morgan fingerprint density at radius 3 is 2.35 bits per heavy atom. The minimum atomic E-state index is -2.49. The van der Waals surface area contributed by atoms with Crippen molar-refractivity contribution in [1.82, 2.24) is 14.9 Å². The van der Waals surface area contributed by atoms with Crippen molar-refractivity contribution in [2.45, 2.75) is 173 Å². The van der Waals surface area contributed by atoms with E-state index in [-0.39, 0.29) is 61.6 Å². The van der Waals surface area contributed by atoms with Crippen molar-refractivity contribution in [3.8, 4) is 0 Å². The summed E-state index contributed by atoms with van der Waals surface area (Å²) in [6.07, 6.45) is 16.2. The SMILES string of the molecule is COCCO[C@@H]1CC[C@@H](CC2[C@H]3CCCN4C(=O)C(=O)[C@]5(O)O[C@@H](CC[C@H]5C)C[C@H](OCc5cnccn5)/C(C)=C/C=C/C=C/[C@@H](C)C[C@@H](C)C(=O)[C@H](OC)[C@H](O)/C(C)=C/[C@@H](C)C(=O)C[C@@H]2OC(=O)C34)C[C@H]1OC. The average Bonchev–Trinajstić information content (AvgIpc) is 3.39. The topological polar surface area (TPSA) is 219 Å². The van der Waals surface area contributed by atoms with Crippen LogP contribution in [0.15, 0.2) is 66.2 Å². The second-order valence-corrected chi connectivity index (χ2v) is 21.6. The predicted octanol–water partition coefficient (Wildman–Crippen LogP) is 6.43. The van der Waals surface area contributed by atoms with Gasteiger partial charge in [0.2, 0.25) is 5.79 Å². The molecular formula is C57H83N3O14. The number of ketones is 3. The summed E-state index contributed by atoms with van der Waals surface area (Å²) in [7, 11) is 4.67. The smallest absolute Gasteiger partial charge is 0.329 e. The van der Waals surface area contributed by atoms with E-state index in [4.69, 9.17) is 33.2 Å². The summed E-state index contributed by atoms with van der Waals surface area (Å²) in [6, 6.07) is -1.14. The van der Waals surface area contributed by atoms with Crippen LogP contribution in [0.5, 0.6) is 0 Å². The van der Waals surface area contributed by atoms with Crippen molar-refractivity contribution in [3.05, 3.63) is 71.9 Å². The number of piperidine rings is 1. The first-order valence-electron chi connectivity index (χ1n) is 26.8. The fourth-order valence-corrected chi connectivity index (χ4v) is 11.9. The Labute approximate surface area is 437 Å². The molecule has 16 atom stereocenters. The maximum Gasteiger partial charge on any atom is 0.329 e. The number of aliphatic hydroxyl groups excluding tert-OH is 1. The number of hydrogen-bond donors (Lipinski definition) is 2. The van der Waals surface area contributed by atoms with Crippen LogP contribution in [-0.4, -0.2) is 150 Å². The monoisotopic (exact) mass is 1030 g/mol. The molecule has 17 nitrogen and oxygen atoms in total. The summed E-state index contributed by atoms with van der Waals surface area (Å²) >= 11 is 0. The van der Waals surface area contributed by atoms with Gasteiger partial charge in [-0.1, -0.05) is 64.2 Å². The van der Waals surface area contributed by atoms with Gasteiger partial charge in [-0.3, -0.25) is 29.1 Å². The highest BCUT2D eigenvalue weighted by Gasteiger charge is 2.57. The Bertz CT molecular complexity index is 2180. The maximum atomic E-state index is 14.7. The van der Waals surface area contributed by atoms with Crippen molar-refractivity contribution in [3.63, 3.8) is 0 Å². The molecule has 0 spiro atoms. The molecule has 4 bridgehead atoms. The molecule has 5 aliphatic rings. The molecule has 5 heterocycles. The van der Waals surface area contributed by atoms with Gasteiger partial charge in [0.25, 0.3) is 11.7 Å². The van der Waals surface area contributed by atoms with E-state index in [1.54, 1.807) is 59.7 Å². The van der Waals surface area contributed by atoms with Gasteiger partial charge in [-0.05, 0) is 101 Å². The first-order valence-corrected chi connectivity index (χ1v) is 26.8. The van der Waals surface area contributed by atoms with Gasteiger partial charge in [-0.25, -0.2) is 4.79 Å². The highest BCUT2D eigenvalue weighted by Crippen LogP contribution is 2.45. The van der Waals surface area contributed by atoms with Gasteiger partial charge in [0.05, 0.1) is 56.1 Å². The molecule has 2 N–H and O–H groups in total. The number of carbonyl (C=O) groups excluding carboxylic acids is 5. The number of ether oxygens (including phenoxy) is 7. The highest BCUT2D eigenvalue weighted by molar-refractivity contribution is 6.39. The van der Waals surface area contributed by atoms with E-state index < -0.39 is 89.6 Å². The number of allylic oxidation sites excluding steroid dienone is 6. The summed E-state index contributed by atoms with van der Waals surface area (Å²) < 4.78 is 42.0. The van der Waals surface area contributed by atoms with E-state index in [0.29, 0.717) is 69.4 Å². The first-order chi connectivity index (χ1) is 35.4. The quantitative estimate of drug-likeness (QED) is 0.106. The van der Waals surface area contributed by atoms with E-state index in [1.165, 1.54) is 12.0 Å². The molecule has 2 unspecified atom stereocenters. The fraction of sp³-hybridized carbons (Fsp3) is 0.702. The van der Waals surface area contributed by atoms with Crippen molar-refractivity contribution in [2.24, 2.45) is 41.4 Å². The lowest BCUT2D eigenvalue weighted by Gasteiger charge is -2.50. The lowest BCUT2D eigenvalue weighted by atomic mass is 9.68. The van der Waals surface area contributed by atoms with E-state index in [1.807, 2.05) is 51.2 Å². The zero-order valence-corrected chi connectivity index (χ0v) is 45.1. The van der Waals surface area contributed by atoms with Crippen LogP contribution < -0.4 is 0 Å². The number of hydrogen-bond acceptors (Lipinski definition) is 16. The number of nitrogens with zero attached hydrogens (tertiary/aromatic N) is 3. The zero-order chi connectivity index (χ0) is 53.7. The molecule has 6 rings (SSSR count). The third-order valence-corrected chi connectivity index (χ3v) is 16.3. The summed E-state index contributed by atoms with van der Waals surface area (Å²) in [5.41, 5.74) is 1.83. The third-order valence-electron chi connectivity index (χ3n) is 16.3. The Balaban J connectivity index is 1.34. The molecule has 4 aliphatic heterocycles. The van der Waals surface area contributed by atoms with Gasteiger partial charge >= 0.3 is 5.97 Å². The van der Waals surface area contributed by atoms with Crippen molar-refractivity contribution < 1.29 is 67.3 Å². The average molecular weight is 1030 g/mol. The molecule has 3 saturated heterocycles. The molecule has 74 heavy (non-hydrogen) atoms. The Kier molecular flexibility index (Phi) is 22.0. The maximum absolute atomic E-state index is 14.7. The molecule has 17 heteroatoms. The Morgan fingerprint density at radius 1 is 0.851 bits per heavy atom. The number of amides is 1. The van der Waals surface area contributed by atoms with E-state index in [9.17, 15) is 34.2 Å². The fourth-order valence-electron chi connectivity index (χ4n) is 11.9. The molecule has 1 aromatic rings. The third kappa shape index (κ3) is 14.8. The van der Waals surface area contributed by atoms with Crippen molar-refractivity contribution >= 4 is 29.2 Å². The summed E-state index contributed by atoms with van der Waals surface area (Å²) in [5.74, 6) is -8.59. The first kappa shape index (κ1) is 58.9. The molecule has 4 fully saturated rings.